The lowest BCUT2D eigenvalue weighted by molar-refractivity contribution is -0.223. The van der Waals surface area contributed by atoms with Gasteiger partial charge in [-0.25, -0.2) is 0 Å². The van der Waals surface area contributed by atoms with Crippen LogP contribution in [0.2, 0.25) is 0 Å². The van der Waals surface area contributed by atoms with Crippen molar-refractivity contribution in [1.82, 2.24) is 5.32 Å². The van der Waals surface area contributed by atoms with E-state index in [2.05, 4.69) is 26.1 Å². The number of hydrogen-bond donors (Lipinski definition) is 5. The van der Waals surface area contributed by atoms with E-state index in [0.29, 0.717) is 36.5 Å². The number of amides is 1. The van der Waals surface area contributed by atoms with Crippen LogP contribution in [0.5, 0.6) is 0 Å². The van der Waals surface area contributed by atoms with Crippen LogP contribution >= 0.6 is 0 Å². The molecule has 0 aliphatic heterocycles. The SMILES string of the molecule is C[C@H](CCC(=O)NCC(=O)O)C1CCC2C3C(CC[C@@]21C)[C@@]1(C)CC[C@@H](O)C[C@H]1[C@H](O)[C@@H]3O. The summed E-state index contributed by atoms with van der Waals surface area (Å²) in [5.41, 5.74) is 0.0476. The first kappa shape index (κ1) is 24.9. The number of nitrogens with one attached hydrogen (secondary N) is 1. The number of rotatable bonds is 6. The second kappa shape index (κ2) is 9.12. The maximum Gasteiger partial charge on any atom is 0.322 e. The van der Waals surface area contributed by atoms with Gasteiger partial charge in [0.15, 0.2) is 0 Å². The van der Waals surface area contributed by atoms with Gasteiger partial charge < -0.3 is 25.7 Å². The predicted molar refractivity (Wildman–Crippen MR) is 123 cm³/mol. The summed E-state index contributed by atoms with van der Waals surface area (Å²) in [6.07, 6.45) is 5.74. The van der Waals surface area contributed by atoms with E-state index in [4.69, 9.17) is 5.11 Å². The fraction of sp³-hybridized carbons (Fsp3) is 0.923. The summed E-state index contributed by atoms with van der Waals surface area (Å²) in [5.74, 6) is 0.340. The first-order valence-corrected chi connectivity index (χ1v) is 13.0. The Bertz CT molecular complexity index is 759. The average Bonchev–Trinajstić information content (AvgIpc) is 3.12. The van der Waals surface area contributed by atoms with E-state index in [9.17, 15) is 24.9 Å². The van der Waals surface area contributed by atoms with Crippen molar-refractivity contribution in [1.29, 1.82) is 0 Å². The van der Waals surface area contributed by atoms with Crippen molar-refractivity contribution in [2.75, 3.05) is 6.54 Å². The summed E-state index contributed by atoms with van der Waals surface area (Å²) >= 11 is 0. The summed E-state index contributed by atoms with van der Waals surface area (Å²) in [6, 6.07) is 0. The molecule has 188 valence electrons. The molecule has 0 bridgehead atoms. The van der Waals surface area contributed by atoms with Crippen molar-refractivity contribution in [3.8, 4) is 0 Å². The molecule has 0 aromatic rings. The maximum atomic E-state index is 12.0. The molecule has 0 aromatic heterocycles. The molecule has 4 saturated carbocycles. The van der Waals surface area contributed by atoms with Crippen LogP contribution in [0.15, 0.2) is 0 Å². The van der Waals surface area contributed by atoms with E-state index < -0.39 is 18.2 Å². The van der Waals surface area contributed by atoms with Gasteiger partial charge in [-0.3, -0.25) is 9.59 Å². The molecule has 33 heavy (non-hydrogen) atoms. The molecule has 4 rings (SSSR count). The highest BCUT2D eigenvalue weighted by molar-refractivity contribution is 5.81. The van der Waals surface area contributed by atoms with Crippen molar-refractivity contribution < 1.29 is 30.0 Å². The smallest absolute Gasteiger partial charge is 0.322 e. The second-order valence-electron chi connectivity index (χ2n) is 12.2. The molecule has 4 aliphatic rings. The Morgan fingerprint density at radius 3 is 2.30 bits per heavy atom. The number of carboxylic acids is 1. The lowest BCUT2D eigenvalue weighted by atomic mass is 9.43. The van der Waals surface area contributed by atoms with Gasteiger partial charge in [-0.2, -0.15) is 0 Å². The first-order valence-electron chi connectivity index (χ1n) is 13.0. The average molecular weight is 466 g/mol. The maximum absolute atomic E-state index is 12.0. The first-order chi connectivity index (χ1) is 15.5. The molecule has 4 aliphatic carbocycles. The molecule has 11 atom stereocenters. The molecule has 1 amide bonds. The van der Waals surface area contributed by atoms with Crippen LogP contribution in [-0.2, 0) is 9.59 Å². The molecular weight excluding hydrogens is 422 g/mol. The molecule has 0 aromatic carbocycles. The van der Waals surface area contributed by atoms with Gasteiger partial charge >= 0.3 is 5.97 Å². The number of fused-ring (bicyclic) bond motifs is 5. The van der Waals surface area contributed by atoms with Crippen LogP contribution in [0.25, 0.3) is 0 Å². The van der Waals surface area contributed by atoms with Gasteiger partial charge in [-0.05, 0) is 97.7 Å². The van der Waals surface area contributed by atoms with Crippen LogP contribution in [0.3, 0.4) is 0 Å². The Balaban J connectivity index is 1.47. The van der Waals surface area contributed by atoms with Crippen LogP contribution in [-0.4, -0.2) is 57.2 Å². The molecule has 0 saturated heterocycles. The molecule has 4 fully saturated rings. The minimum atomic E-state index is -1.03. The zero-order valence-electron chi connectivity index (χ0n) is 20.4. The zero-order valence-corrected chi connectivity index (χ0v) is 20.4. The molecule has 0 spiro atoms. The topological polar surface area (TPSA) is 127 Å². The predicted octanol–water partition coefficient (Wildman–Crippen LogP) is 2.56. The van der Waals surface area contributed by atoms with E-state index in [1.807, 2.05) is 0 Å². The van der Waals surface area contributed by atoms with Crippen molar-refractivity contribution in [2.24, 2.45) is 46.3 Å². The molecule has 7 nitrogen and oxygen atoms in total. The minimum absolute atomic E-state index is 0.0319. The zero-order chi connectivity index (χ0) is 24.1. The molecule has 0 radical (unpaired) electrons. The van der Waals surface area contributed by atoms with Crippen molar-refractivity contribution >= 4 is 11.9 Å². The molecule has 7 heteroatoms. The highest BCUT2D eigenvalue weighted by atomic mass is 16.4. The number of hydrogen-bond acceptors (Lipinski definition) is 5. The third-order valence-electron chi connectivity index (χ3n) is 10.7. The van der Waals surface area contributed by atoms with E-state index in [-0.39, 0.29) is 41.2 Å². The van der Waals surface area contributed by atoms with Gasteiger partial charge in [0, 0.05) is 6.42 Å². The Labute approximate surface area is 197 Å². The fourth-order valence-corrected chi connectivity index (χ4v) is 9.04. The molecule has 5 N–H and O–H groups in total. The quantitative estimate of drug-likeness (QED) is 0.410. The van der Waals surface area contributed by atoms with Gasteiger partial charge in [-0.15, -0.1) is 0 Å². The number of carbonyl (C=O) groups is 2. The fourth-order valence-electron chi connectivity index (χ4n) is 9.04. The Kier molecular flexibility index (Phi) is 6.89. The van der Waals surface area contributed by atoms with E-state index in [1.54, 1.807) is 0 Å². The molecule has 4 unspecified atom stereocenters. The lowest BCUT2D eigenvalue weighted by Gasteiger charge is -2.63. The molecule has 0 heterocycles. The normalized spacial score (nSPS) is 47.7. The van der Waals surface area contributed by atoms with Crippen molar-refractivity contribution in [2.45, 2.75) is 96.9 Å². The molecular formula is C26H43NO6. The van der Waals surface area contributed by atoms with Gasteiger partial charge in [-0.1, -0.05) is 20.8 Å². The highest BCUT2D eigenvalue weighted by Gasteiger charge is 2.65. The van der Waals surface area contributed by atoms with Crippen LogP contribution < -0.4 is 5.32 Å². The lowest BCUT2D eigenvalue weighted by Crippen LogP contribution is -2.64. The summed E-state index contributed by atoms with van der Waals surface area (Å²) in [5, 5.41) is 44.0. The Morgan fingerprint density at radius 2 is 1.61 bits per heavy atom. The van der Waals surface area contributed by atoms with Gasteiger partial charge in [0.1, 0.15) is 6.54 Å². The van der Waals surface area contributed by atoms with Crippen molar-refractivity contribution in [3.05, 3.63) is 0 Å². The minimum Gasteiger partial charge on any atom is -0.480 e. The van der Waals surface area contributed by atoms with Crippen LogP contribution in [0, 0.1) is 46.3 Å². The van der Waals surface area contributed by atoms with Gasteiger partial charge in [0.05, 0.1) is 18.3 Å². The monoisotopic (exact) mass is 465 g/mol. The summed E-state index contributed by atoms with van der Waals surface area (Å²) in [4.78, 5) is 22.7. The highest BCUT2D eigenvalue weighted by Crippen LogP contribution is 2.68. The van der Waals surface area contributed by atoms with E-state index >= 15 is 0 Å². The van der Waals surface area contributed by atoms with E-state index in [1.165, 1.54) is 0 Å². The van der Waals surface area contributed by atoms with E-state index in [0.717, 1.165) is 44.9 Å². The number of aliphatic hydroxyl groups is 3. The third kappa shape index (κ3) is 4.23. The number of aliphatic hydroxyl groups excluding tert-OH is 3. The summed E-state index contributed by atoms with van der Waals surface area (Å²) in [6.45, 7) is 6.53. The third-order valence-corrected chi connectivity index (χ3v) is 10.7. The number of carboxylic acid groups (broad SMARTS) is 1. The standard InChI is InChI=1S/C26H43NO6/c1-14(4-7-20(29)27-13-21(30)31)16-5-6-17-22-18(9-11-25(16,17)2)26(3)10-8-15(28)12-19(26)23(32)24(22)33/h14-19,22-24,28,32-33H,4-13H2,1-3H3,(H,27,29)(H,30,31)/t14-,15-,16?,17?,18?,19+,22?,23+,24-,25-,26-/m1/s1. The largest absolute Gasteiger partial charge is 0.480 e. The number of aliphatic carboxylic acids is 1. The second-order valence-corrected chi connectivity index (χ2v) is 12.2. The number of carbonyl (C=O) groups excluding carboxylic acids is 1. The van der Waals surface area contributed by atoms with Crippen LogP contribution in [0.4, 0.5) is 0 Å². The Hall–Kier alpha value is -1.18. The summed E-state index contributed by atoms with van der Waals surface area (Å²) < 4.78 is 0. The van der Waals surface area contributed by atoms with Gasteiger partial charge in [0.2, 0.25) is 5.91 Å². The van der Waals surface area contributed by atoms with Gasteiger partial charge in [0.25, 0.3) is 0 Å². The van der Waals surface area contributed by atoms with Crippen LogP contribution in [0.1, 0.15) is 78.6 Å². The Morgan fingerprint density at radius 1 is 0.939 bits per heavy atom. The summed E-state index contributed by atoms with van der Waals surface area (Å²) in [7, 11) is 0. The van der Waals surface area contributed by atoms with Crippen molar-refractivity contribution in [3.63, 3.8) is 0 Å².